The second-order valence-corrected chi connectivity index (χ2v) is 8.48. The summed E-state index contributed by atoms with van der Waals surface area (Å²) in [6.07, 6.45) is 0.922. The number of aliphatic carboxylic acids is 1. The zero-order valence-corrected chi connectivity index (χ0v) is 17.8. The Morgan fingerprint density at radius 2 is 1.97 bits per heavy atom. The maximum absolute atomic E-state index is 13.3. The fraction of sp³-hybridized carbons (Fsp3) is 0.455. The van der Waals surface area contributed by atoms with E-state index in [2.05, 4.69) is 10.3 Å². The first-order valence-corrected chi connectivity index (χ1v) is 10.3. The molecule has 166 valence electrons. The molecule has 3 atom stereocenters. The van der Waals surface area contributed by atoms with E-state index in [1.54, 1.807) is 27.0 Å². The quantitative estimate of drug-likeness (QED) is 0.494. The van der Waals surface area contributed by atoms with E-state index in [0.717, 1.165) is 15.8 Å². The molecule has 0 bridgehead atoms. The van der Waals surface area contributed by atoms with Gasteiger partial charge in [-0.25, -0.2) is 4.79 Å². The number of nitrogens with two attached hydrogens (primary N) is 1. The molecule has 0 unspecified atom stereocenters. The summed E-state index contributed by atoms with van der Waals surface area (Å²) in [5, 5.41) is 13.4. The minimum Gasteiger partial charge on any atom is -0.479 e. The zero-order valence-electron chi connectivity index (χ0n) is 17.8. The van der Waals surface area contributed by atoms with Gasteiger partial charge in [-0.15, -0.1) is 0 Å². The maximum atomic E-state index is 13.3. The van der Waals surface area contributed by atoms with E-state index in [1.165, 1.54) is 0 Å². The molecule has 5 N–H and O–H groups in total. The lowest BCUT2D eigenvalue weighted by Crippen LogP contribution is -2.67. The molecule has 1 aliphatic rings. The molecule has 3 amide bonds. The molecular formula is C22H28N4O5. The van der Waals surface area contributed by atoms with E-state index < -0.39 is 41.3 Å². The van der Waals surface area contributed by atoms with Gasteiger partial charge in [0.25, 0.3) is 5.91 Å². The number of aromatic nitrogens is 1. The predicted molar refractivity (Wildman–Crippen MR) is 114 cm³/mol. The number of carbonyl (C=O) groups is 4. The van der Waals surface area contributed by atoms with E-state index in [-0.39, 0.29) is 25.2 Å². The lowest BCUT2D eigenvalue weighted by molar-refractivity contribution is -0.161. The van der Waals surface area contributed by atoms with Gasteiger partial charge in [-0.3, -0.25) is 19.3 Å². The van der Waals surface area contributed by atoms with Crippen LogP contribution in [0.1, 0.15) is 51.5 Å². The molecule has 1 aromatic carbocycles. The van der Waals surface area contributed by atoms with Crippen molar-refractivity contribution in [3.63, 3.8) is 0 Å². The maximum Gasteiger partial charge on any atom is 0.339 e. The Morgan fingerprint density at radius 3 is 2.55 bits per heavy atom. The molecule has 9 nitrogen and oxygen atoms in total. The Balaban J connectivity index is 1.97. The van der Waals surface area contributed by atoms with Crippen molar-refractivity contribution in [2.24, 2.45) is 11.7 Å². The molecule has 9 heteroatoms. The third-order valence-electron chi connectivity index (χ3n) is 5.74. The number of likely N-dealkylation sites (tertiary alicyclic amines) is 1. The van der Waals surface area contributed by atoms with Crippen molar-refractivity contribution in [1.82, 2.24) is 15.2 Å². The molecule has 1 fully saturated rings. The van der Waals surface area contributed by atoms with Crippen molar-refractivity contribution in [2.45, 2.75) is 57.7 Å². The Morgan fingerprint density at radius 1 is 1.29 bits per heavy atom. The molecule has 2 aromatic rings. The van der Waals surface area contributed by atoms with Crippen molar-refractivity contribution in [2.75, 3.05) is 0 Å². The average Bonchev–Trinajstić information content (AvgIpc) is 3.28. The summed E-state index contributed by atoms with van der Waals surface area (Å²) in [5.74, 6) is -4.66. The van der Waals surface area contributed by atoms with Gasteiger partial charge in [0.1, 0.15) is 0 Å². The van der Waals surface area contributed by atoms with Crippen molar-refractivity contribution in [1.29, 1.82) is 0 Å². The van der Waals surface area contributed by atoms with Crippen molar-refractivity contribution >= 4 is 34.6 Å². The molecule has 0 aliphatic carbocycles. The number of nitrogens with zero attached hydrogens (tertiary/aromatic N) is 1. The summed E-state index contributed by atoms with van der Waals surface area (Å²) >= 11 is 0. The molecule has 0 spiro atoms. The molecule has 31 heavy (non-hydrogen) atoms. The van der Waals surface area contributed by atoms with Crippen LogP contribution in [0.5, 0.6) is 0 Å². The first-order valence-electron chi connectivity index (χ1n) is 10.3. The molecule has 1 aromatic heterocycles. The average molecular weight is 428 g/mol. The van der Waals surface area contributed by atoms with E-state index in [4.69, 9.17) is 5.73 Å². The van der Waals surface area contributed by atoms with Crippen LogP contribution in [0.25, 0.3) is 10.9 Å². The number of carboxylic acid groups (broad SMARTS) is 1. The van der Waals surface area contributed by atoms with E-state index >= 15 is 0 Å². The number of nitrogens with one attached hydrogen (secondary N) is 2. The number of hydrogen-bond donors (Lipinski definition) is 4. The first-order chi connectivity index (χ1) is 14.6. The molecule has 3 rings (SSSR count). The van der Waals surface area contributed by atoms with Gasteiger partial charge in [0.15, 0.2) is 0 Å². The van der Waals surface area contributed by atoms with Gasteiger partial charge in [0.05, 0.1) is 12.1 Å². The number of amides is 3. The van der Waals surface area contributed by atoms with E-state index in [0.29, 0.717) is 5.56 Å². The van der Waals surface area contributed by atoms with E-state index in [9.17, 15) is 24.3 Å². The number of para-hydroxylation sites is 1. The van der Waals surface area contributed by atoms with Gasteiger partial charge in [-0.05, 0) is 37.3 Å². The van der Waals surface area contributed by atoms with Crippen molar-refractivity contribution < 1.29 is 24.3 Å². The van der Waals surface area contributed by atoms with Crippen LogP contribution in [0.4, 0.5) is 0 Å². The number of H-pyrrole nitrogens is 1. The molecule has 1 aliphatic heterocycles. The number of fused-ring (bicyclic) bond motifs is 1. The van der Waals surface area contributed by atoms with Crippen LogP contribution in [0.15, 0.2) is 30.5 Å². The number of aromatic amines is 1. The highest BCUT2D eigenvalue weighted by Crippen LogP contribution is 2.29. The number of rotatable bonds is 7. The summed E-state index contributed by atoms with van der Waals surface area (Å²) in [6, 6.07) is 7.43. The van der Waals surface area contributed by atoms with Crippen LogP contribution in [-0.2, 0) is 19.2 Å². The van der Waals surface area contributed by atoms with Crippen LogP contribution < -0.4 is 11.1 Å². The fourth-order valence-corrected chi connectivity index (χ4v) is 4.12. The summed E-state index contributed by atoms with van der Waals surface area (Å²) in [4.78, 5) is 55.1. The molecule has 1 saturated heterocycles. The Labute approximate surface area is 180 Å². The third kappa shape index (κ3) is 4.05. The van der Waals surface area contributed by atoms with Gasteiger partial charge < -0.3 is 21.1 Å². The zero-order chi connectivity index (χ0) is 22.9. The summed E-state index contributed by atoms with van der Waals surface area (Å²) in [5.41, 5.74) is 5.13. The van der Waals surface area contributed by atoms with Crippen LogP contribution in [0.2, 0.25) is 0 Å². The summed E-state index contributed by atoms with van der Waals surface area (Å²) in [7, 11) is 0. The van der Waals surface area contributed by atoms with Gasteiger partial charge in [-0.1, -0.05) is 32.0 Å². The molecule has 2 heterocycles. The number of benzene rings is 1. The highest BCUT2D eigenvalue weighted by molar-refractivity contribution is 6.14. The smallest absolute Gasteiger partial charge is 0.339 e. The Kier molecular flexibility index (Phi) is 6.17. The van der Waals surface area contributed by atoms with Crippen molar-refractivity contribution in [3.05, 3.63) is 36.0 Å². The number of carboxylic acids is 1. The first kappa shape index (κ1) is 22.5. The Bertz CT molecular complexity index is 1030. The summed E-state index contributed by atoms with van der Waals surface area (Å²) in [6.45, 7) is 5.13. The van der Waals surface area contributed by atoms with Gasteiger partial charge >= 0.3 is 5.97 Å². The molecule has 0 radical (unpaired) electrons. The Hall–Kier alpha value is -3.20. The predicted octanol–water partition coefficient (Wildman–Crippen LogP) is 1.69. The van der Waals surface area contributed by atoms with Crippen LogP contribution in [-0.4, -0.2) is 50.4 Å². The topological polar surface area (TPSA) is 146 Å². The lowest BCUT2D eigenvalue weighted by atomic mass is 9.86. The normalized spacial score (nSPS) is 19.5. The third-order valence-corrected chi connectivity index (χ3v) is 5.74. The molecular weight excluding hydrogens is 400 g/mol. The lowest BCUT2D eigenvalue weighted by Gasteiger charge is -2.35. The summed E-state index contributed by atoms with van der Waals surface area (Å²) < 4.78 is 0. The highest BCUT2D eigenvalue weighted by Gasteiger charge is 2.53. The second kappa shape index (κ2) is 8.50. The van der Waals surface area contributed by atoms with Crippen molar-refractivity contribution in [3.8, 4) is 0 Å². The number of hydrogen-bond acceptors (Lipinski definition) is 5. The monoisotopic (exact) mass is 428 g/mol. The SMILES string of the molecule is CC(C)C[C@](NC(=O)[C@@H](C)c1c[nH]c2ccccc12)(C(=O)O)C(=O)N1C(=O)CC[C@H]1N. The minimum atomic E-state index is -2.29. The largest absolute Gasteiger partial charge is 0.479 e. The minimum absolute atomic E-state index is 0.0595. The second-order valence-electron chi connectivity index (χ2n) is 8.48. The van der Waals surface area contributed by atoms with Gasteiger partial charge in [0, 0.05) is 23.5 Å². The van der Waals surface area contributed by atoms with Gasteiger partial charge in [0.2, 0.25) is 17.4 Å². The van der Waals surface area contributed by atoms with Crippen LogP contribution >= 0.6 is 0 Å². The standard InChI is InChI=1S/C22H28N4O5/c1-12(2)10-22(21(30)31,20(29)26-17(23)8-9-18(26)27)25-19(28)13(3)15-11-24-16-7-5-4-6-14(15)16/h4-7,11-13,17,24H,8-10,23H2,1-3H3,(H,25,28)(H,30,31)/t13-,17-,22+/m0/s1. The highest BCUT2D eigenvalue weighted by atomic mass is 16.4. The van der Waals surface area contributed by atoms with E-state index in [1.807, 2.05) is 24.3 Å². The van der Waals surface area contributed by atoms with Crippen LogP contribution in [0.3, 0.4) is 0 Å². The number of imide groups is 1. The molecule has 0 saturated carbocycles. The fourth-order valence-electron chi connectivity index (χ4n) is 4.12. The number of carbonyl (C=O) groups excluding carboxylic acids is 3. The van der Waals surface area contributed by atoms with Gasteiger partial charge in [-0.2, -0.15) is 0 Å². The van der Waals surface area contributed by atoms with Crippen LogP contribution in [0, 0.1) is 5.92 Å².